The van der Waals surface area contributed by atoms with Crippen molar-refractivity contribution in [3.05, 3.63) is 53.6 Å². The van der Waals surface area contributed by atoms with Crippen LogP contribution in [0, 0.1) is 13.8 Å². The fourth-order valence-corrected chi connectivity index (χ4v) is 4.74. The Morgan fingerprint density at radius 2 is 1.86 bits per heavy atom. The second-order valence-electron chi connectivity index (χ2n) is 6.43. The van der Waals surface area contributed by atoms with Crippen molar-refractivity contribution in [2.24, 2.45) is 0 Å². The third kappa shape index (κ3) is 5.11. The molecule has 1 heterocycles. The predicted octanol–water partition coefficient (Wildman–Crippen LogP) is 4.97. The van der Waals surface area contributed by atoms with Crippen LogP contribution in [0.15, 0.2) is 46.8 Å². The number of ether oxygens (including phenoxy) is 1. The topological polar surface area (TPSA) is 68.3 Å². The van der Waals surface area contributed by atoms with Crippen molar-refractivity contribution in [2.45, 2.75) is 37.6 Å². The van der Waals surface area contributed by atoms with Crippen molar-refractivity contribution in [3.8, 4) is 0 Å². The molecule has 0 radical (unpaired) electrons. The quantitative estimate of drug-likeness (QED) is 0.437. The van der Waals surface area contributed by atoms with Gasteiger partial charge in [0.2, 0.25) is 0 Å². The summed E-state index contributed by atoms with van der Waals surface area (Å²) in [5.41, 5.74) is 3.68. The molecule has 7 heteroatoms. The first kappa shape index (κ1) is 20.4. The number of amides is 1. The van der Waals surface area contributed by atoms with Gasteiger partial charge in [-0.3, -0.25) is 9.59 Å². The van der Waals surface area contributed by atoms with Crippen LogP contribution in [0.3, 0.4) is 0 Å². The van der Waals surface area contributed by atoms with Gasteiger partial charge >= 0.3 is 5.97 Å². The number of nitrogens with one attached hydrogen (secondary N) is 1. The lowest BCUT2D eigenvalue weighted by Gasteiger charge is -2.16. The third-order valence-corrected chi connectivity index (χ3v) is 6.39. The number of esters is 1. The summed E-state index contributed by atoms with van der Waals surface area (Å²) in [4.78, 5) is 28.9. The van der Waals surface area contributed by atoms with Crippen LogP contribution < -0.4 is 5.32 Å². The summed E-state index contributed by atoms with van der Waals surface area (Å²) in [7, 11) is 0. The molecule has 5 nitrogen and oxygen atoms in total. The Hall–Kier alpha value is -2.38. The summed E-state index contributed by atoms with van der Waals surface area (Å²) in [5, 5.41) is 2.85. The molecule has 0 aliphatic heterocycles. The molecule has 1 aromatic heterocycles. The minimum Gasteiger partial charge on any atom is -0.453 e. The fourth-order valence-electron chi connectivity index (χ4n) is 2.68. The molecule has 0 aliphatic carbocycles. The second-order valence-corrected chi connectivity index (χ2v) is 8.81. The SMILES string of the molecule is Cc1cccc(C)c1NC(=O)[C@H](C)OC(=O)CCSc1nc2ccccc2s1. The molecule has 1 N–H and O–H groups in total. The predicted molar refractivity (Wildman–Crippen MR) is 115 cm³/mol. The van der Waals surface area contributed by atoms with Gasteiger partial charge in [0.1, 0.15) is 0 Å². The molecule has 3 rings (SSSR count). The average Bonchev–Trinajstić information content (AvgIpc) is 3.07. The summed E-state index contributed by atoms with van der Waals surface area (Å²) in [6.45, 7) is 5.44. The molecule has 1 amide bonds. The van der Waals surface area contributed by atoms with E-state index in [1.807, 2.05) is 56.3 Å². The van der Waals surface area contributed by atoms with Crippen molar-refractivity contribution in [1.29, 1.82) is 0 Å². The van der Waals surface area contributed by atoms with Gasteiger partial charge in [0, 0.05) is 11.4 Å². The molecule has 0 aliphatic rings. The monoisotopic (exact) mass is 414 g/mol. The van der Waals surface area contributed by atoms with E-state index in [0.717, 1.165) is 31.4 Å². The molecular weight excluding hydrogens is 392 g/mol. The Kier molecular flexibility index (Phi) is 6.70. The van der Waals surface area contributed by atoms with Crippen molar-refractivity contribution in [2.75, 3.05) is 11.1 Å². The van der Waals surface area contributed by atoms with Crippen molar-refractivity contribution in [3.63, 3.8) is 0 Å². The molecule has 1 atom stereocenters. The molecular formula is C21H22N2O3S2. The molecule has 0 saturated heterocycles. The highest BCUT2D eigenvalue weighted by Gasteiger charge is 2.19. The minimum atomic E-state index is -0.848. The second kappa shape index (κ2) is 9.21. The van der Waals surface area contributed by atoms with Gasteiger partial charge in [-0.2, -0.15) is 0 Å². The molecule has 0 fully saturated rings. The highest BCUT2D eigenvalue weighted by atomic mass is 32.2. The van der Waals surface area contributed by atoms with Crippen LogP contribution in [0.1, 0.15) is 24.5 Å². The summed E-state index contributed by atoms with van der Waals surface area (Å²) in [6.07, 6.45) is -0.624. The summed E-state index contributed by atoms with van der Waals surface area (Å²) >= 11 is 3.13. The van der Waals surface area contributed by atoms with E-state index in [2.05, 4.69) is 10.3 Å². The van der Waals surface area contributed by atoms with Crippen molar-refractivity contribution >= 4 is 50.9 Å². The Morgan fingerprint density at radius 3 is 2.57 bits per heavy atom. The van der Waals surface area contributed by atoms with Gasteiger partial charge in [-0.05, 0) is 44.0 Å². The van der Waals surface area contributed by atoms with Crippen molar-refractivity contribution < 1.29 is 14.3 Å². The number of rotatable bonds is 7. The number of thiazole rings is 1. The zero-order chi connectivity index (χ0) is 20.1. The Balaban J connectivity index is 1.46. The van der Waals surface area contributed by atoms with E-state index in [-0.39, 0.29) is 12.3 Å². The van der Waals surface area contributed by atoms with E-state index < -0.39 is 12.1 Å². The molecule has 0 saturated carbocycles. The Bertz CT molecular complexity index is 947. The van der Waals surface area contributed by atoms with Crippen LogP contribution in [-0.2, 0) is 14.3 Å². The lowest BCUT2D eigenvalue weighted by atomic mass is 10.1. The minimum absolute atomic E-state index is 0.224. The van der Waals surface area contributed by atoms with Gasteiger partial charge in [0.25, 0.3) is 5.91 Å². The number of nitrogens with zero attached hydrogens (tertiary/aromatic N) is 1. The first-order valence-electron chi connectivity index (χ1n) is 8.99. The van der Waals surface area contributed by atoms with Crippen LogP contribution >= 0.6 is 23.1 Å². The first-order valence-corrected chi connectivity index (χ1v) is 10.8. The van der Waals surface area contributed by atoms with Crippen LogP contribution in [-0.4, -0.2) is 28.7 Å². The highest BCUT2D eigenvalue weighted by molar-refractivity contribution is 8.01. The van der Waals surface area contributed by atoms with Crippen LogP contribution in [0.5, 0.6) is 0 Å². The summed E-state index contributed by atoms with van der Waals surface area (Å²) < 4.78 is 7.33. The van der Waals surface area contributed by atoms with Crippen LogP contribution in [0.25, 0.3) is 10.2 Å². The largest absolute Gasteiger partial charge is 0.453 e. The number of aryl methyl sites for hydroxylation is 2. The number of carbonyl (C=O) groups is 2. The van der Waals surface area contributed by atoms with Crippen molar-refractivity contribution in [1.82, 2.24) is 4.98 Å². The van der Waals surface area contributed by atoms with E-state index in [4.69, 9.17) is 4.74 Å². The number of aromatic nitrogens is 1. The number of hydrogen-bond donors (Lipinski definition) is 1. The van der Waals surface area contributed by atoms with E-state index in [9.17, 15) is 9.59 Å². The molecule has 28 heavy (non-hydrogen) atoms. The Morgan fingerprint density at radius 1 is 1.14 bits per heavy atom. The fraction of sp³-hybridized carbons (Fsp3) is 0.286. The number of hydrogen-bond acceptors (Lipinski definition) is 6. The first-order chi connectivity index (χ1) is 13.4. The van der Waals surface area contributed by atoms with Gasteiger partial charge in [0.05, 0.1) is 16.6 Å². The van der Waals surface area contributed by atoms with Crippen LogP contribution in [0.2, 0.25) is 0 Å². The van der Waals surface area contributed by atoms with Gasteiger partial charge in [0.15, 0.2) is 10.4 Å². The molecule has 0 unspecified atom stereocenters. The number of carbonyl (C=O) groups excluding carboxylic acids is 2. The molecule has 0 spiro atoms. The highest BCUT2D eigenvalue weighted by Crippen LogP contribution is 2.29. The van der Waals surface area contributed by atoms with Gasteiger partial charge in [-0.1, -0.05) is 42.1 Å². The van der Waals surface area contributed by atoms with Gasteiger partial charge < -0.3 is 10.1 Å². The van der Waals surface area contributed by atoms with E-state index in [1.54, 1.807) is 18.3 Å². The zero-order valence-electron chi connectivity index (χ0n) is 16.0. The van der Waals surface area contributed by atoms with E-state index >= 15 is 0 Å². The number of para-hydroxylation sites is 2. The zero-order valence-corrected chi connectivity index (χ0v) is 17.7. The average molecular weight is 415 g/mol. The van der Waals surface area contributed by atoms with E-state index in [1.165, 1.54) is 11.8 Å². The van der Waals surface area contributed by atoms with Crippen LogP contribution in [0.4, 0.5) is 5.69 Å². The smallest absolute Gasteiger partial charge is 0.307 e. The standard InChI is InChI=1S/C21H22N2O3S2/c1-13-7-6-8-14(2)19(13)23-20(25)15(3)26-18(24)11-12-27-21-22-16-9-4-5-10-17(16)28-21/h4-10,15H,11-12H2,1-3H3,(H,23,25)/t15-/m0/s1. The Labute approximate surface area is 172 Å². The molecule has 2 aromatic carbocycles. The number of anilines is 1. The number of benzene rings is 2. The normalized spacial score (nSPS) is 12.0. The number of fused-ring (bicyclic) bond motifs is 1. The summed E-state index contributed by atoms with van der Waals surface area (Å²) in [6, 6.07) is 13.7. The molecule has 146 valence electrons. The maximum Gasteiger partial charge on any atom is 0.307 e. The molecule has 3 aromatic rings. The van der Waals surface area contributed by atoms with E-state index in [0.29, 0.717) is 5.75 Å². The lowest BCUT2D eigenvalue weighted by Crippen LogP contribution is -2.30. The maximum atomic E-state index is 12.3. The van der Waals surface area contributed by atoms with Gasteiger partial charge in [-0.25, -0.2) is 4.98 Å². The molecule has 0 bridgehead atoms. The summed E-state index contributed by atoms with van der Waals surface area (Å²) in [5.74, 6) is -0.161. The number of thioether (sulfide) groups is 1. The van der Waals surface area contributed by atoms with Gasteiger partial charge in [-0.15, -0.1) is 11.3 Å². The third-order valence-electron chi connectivity index (χ3n) is 4.21. The lowest BCUT2D eigenvalue weighted by molar-refractivity contribution is -0.152. The maximum absolute atomic E-state index is 12.3.